The van der Waals surface area contributed by atoms with Gasteiger partial charge in [-0.05, 0) is 48.4 Å². The molecular formula is C18H21NO3. The van der Waals surface area contributed by atoms with Gasteiger partial charge in [0.15, 0.2) is 0 Å². The number of ether oxygens (including phenoxy) is 2. The first-order chi connectivity index (χ1) is 10.7. The number of methoxy groups -OCH3 is 1. The van der Waals surface area contributed by atoms with Gasteiger partial charge < -0.3 is 14.8 Å². The molecule has 0 aliphatic heterocycles. The number of aryl methyl sites for hydroxylation is 1. The van der Waals surface area contributed by atoms with Crippen molar-refractivity contribution in [2.75, 3.05) is 19.0 Å². The van der Waals surface area contributed by atoms with Crippen molar-refractivity contribution in [2.45, 2.75) is 19.8 Å². The highest BCUT2D eigenvalue weighted by Crippen LogP contribution is 2.15. The lowest BCUT2D eigenvalue weighted by atomic mass is 10.2. The van der Waals surface area contributed by atoms with E-state index in [9.17, 15) is 4.79 Å². The number of hydrogen-bond donors (Lipinski definition) is 1. The molecule has 2 aromatic rings. The average Bonchev–Trinajstić information content (AvgIpc) is 2.56. The smallest absolute Gasteiger partial charge is 0.227 e. The van der Waals surface area contributed by atoms with Gasteiger partial charge in [0.25, 0.3) is 0 Å². The van der Waals surface area contributed by atoms with Crippen molar-refractivity contribution in [3.63, 3.8) is 0 Å². The molecule has 0 aliphatic carbocycles. The Morgan fingerprint density at radius 3 is 2.23 bits per heavy atom. The average molecular weight is 299 g/mol. The molecule has 4 heteroatoms. The molecule has 2 rings (SSSR count). The standard InChI is InChI=1S/C18H21NO3/c1-3-14-4-8-17(9-5-14)22-13-12-18(20)19-15-6-10-16(21-2)11-7-15/h4-11H,3,12-13H2,1-2H3,(H,19,20). The molecule has 116 valence electrons. The molecule has 1 amide bonds. The zero-order valence-corrected chi connectivity index (χ0v) is 13.0. The van der Waals surface area contributed by atoms with Crippen LogP contribution in [-0.4, -0.2) is 19.6 Å². The number of anilines is 1. The summed E-state index contributed by atoms with van der Waals surface area (Å²) in [5.41, 5.74) is 2.02. The molecule has 2 aromatic carbocycles. The van der Waals surface area contributed by atoms with Gasteiger partial charge >= 0.3 is 0 Å². The largest absolute Gasteiger partial charge is 0.497 e. The zero-order valence-electron chi connectivity index (χ0n) is 13.0. The summed E-state index contributed by atoms with van der Waals surface area (Å²) >= 11 is 0. The number of carbonyl (C=O) groups is 1. The van der Waals surface area contributed by atoms with Gasteiger partial charge in [-0.2, -0.15) is 0 Å². The molecule has 0 unspecified atom stereocenters. The number of rotatable bonds is 7. The van der Waals surface area contributed by atoms with E-state index in [0.29, 0.717) is 13.0 Å². The van der Waals surface area contributed by atoms with Crippen LogP contribution >= 0.6 is 0 Å². The van der Waals surface area contributed by atoms with Crippen LogP contribution in [0.2, 0.25) is 0 Å². The second kappa shape index (κ2) is 8.08. The Morgan fingerprint density at radius 2 is 1.64 bits per heavy atom. The fourth-order valence-corrected chi connectivity index (χ4v) is 1.98. The third-order valence-electron chi connectivity index (χ3n) is 3.30. The van der Waals surface area contributed by atoms with E-state index in [1.807, 2.05) is 24.3 Å². The van der Waals surface area contributed by atoms with Crippen LogP contribution in [0.4, 0.5) is 5.69 Å². The first kappa shape index (κ1) is 15.9. The number of carbonyl (C=O) groups excluding carboxylic acids is 1. The highest BCUT2D eigenvalue weighted by atomic mass is 16.5. The van der Waals surface area contributed by atoms with Crippen molar-refractivity contribution in [1.29, 1.82) is 0 Å². The van der Waals surface area contributed by atoms with Gasteiger partial charge in [-0.25, -0.2) is 0 Å². The molecule has 0 heterocycles. The van der Waals surface area contributed by atoms with E-state index in [1.165, 1.54) is 5.56 Å². The predicted octanol–water partition coefficient (Wildman–Crippen LogP) is 3.67. The Labute approximate surface area is 131 Å². The molecule has 0 spiro atoms. The first-order valence-electron chi connectivity index (χ1n) is 7.37. The van der Waals surface area contributed by atoms with Crippen molar-refractivity contribution in [1.82, 2.24) is 0 Å². The molecule has 22 heavy (non-hydrogen) atoms. The lowest BCUT2D eigenvalue weighted by Crippen LogP contribution is -2.15. The van der Waals surface area contributed by atoms with E-state index in [1.54, 1.807) is 31.4 Å². The monoisotopic (exact) mass is 299 g/mol. The summed E-state index contributed by atoms with van der Waals surface area (Å²) in [6.07, 6.45) is 1.31. The highest BCUT2D eigenvalue weighted by Gasteiger charge is 2.03. The Bertz CT molecular complexity index is 591. The molecule has 0 radical (unpaired) electrons. The molecule has 0 aliphatic rings. The van der Waals surface area contributed by atoms with Crippen LogP contribution in [0.25, 0.3) is 0 Å². The minimum atomic E-state index is -0.0738. The fraction of sp³-hybridized carbons (Fsp3) is 0.278. The van der Waals surface area contributed by atoms with Gasteiger partial charge in [0, 0.05) is 5.69 Å². The maximum absolute atomic E-state index is 11.8. The Balaban J connectivity index is 1.74. The predicted molar refractivity (Wildman–Crippen MR) is 87.6 cm³/mol. The normalized spacial score (nSPS) is 10.1. The minimum Gasteiger partial charge on any atom is -0.497 e. The number of hydrogen-bond acceptors (Lipinski definition) is 3. The second-order valence-corrected chi connectivity index (χ2v) is 4.87. The summed E-state index contributed by atoms with van der Waals surface area (Å²) in [6.45, 7) is 2.47. The molecule has 0 aromatic heterocycles. The van der Waals surface area contributed by atoms with Crippen molar-refractivity contribution >= 4 is 11.6 Å². The molecular weight excluding hydrogens is 278 g/mol. The van der Waals surface area contributed by atoms with Crippen molar-refractivity contribution in [3.05, 3.63) is 54.1 Å². The third-order valence-corrected chi connectivity index (χ3v) is 3.30. The molecule has 4 nitrogen and oxygen atoms in total. The first-order valence-corrected chi connectivity index (χ1v) is 7.37. The topological polar surface area (TPSA) is 47.6 Å². The Morgan fingerprint density at radius 1 is 1.00 bits per heavy atom. The molecule has 0 saturated heterocycles. The molecule has 0 bridgehead atoms. The van der Waals surface area contributed by atoms with Gasteiger partial charge in [0.05, 0.1) is 20.1 Å². The molecule has 0 atom stereocenters. The Kier molecular flexibility index (Phi) is 5.83. The van der Waals surface area contributed by atoms with Crippen LogP contribution in [-0.2, 0) is 11.2 Å². The molecule has 0 saturated carbocycles. The van der Waals surface area contributed by atoms with Crippen LogP contribution in [0.1, 0.15) is 18.9 Å². The molecule has 0 fully saturated rings. The van der Waals surface area contributed by atoms with Crippen molar-refractivity contribution < 1.29 is 14.3 Å². The summed E-state index contributed by atoms with van der Waals surface area (Å²) in [5, 5.41) is 2.82. The minimum absolute atomic E-state index is 0.0738. The quantitative estimate of drug-likeness (QED) is 0.848. The van der Waals surface area contributed by atoms with Gasteiger partial charge in [-0.1, -0.05) is 19.1 Å². The van der Waals surface area contributed by atoms with E-state index in [2.05, 4.69) is 12.2 Å². The summed E-state index contributed by atoms with van der Waals surface area (Å²) in [6, 6.07) is 15.2. The number of amides is 1. The summed E-state index contributed by atoms with van der Waals surface area (Å²) in [7, 11) is 1.61. The van der Waals surface area contributed by atoms with E-state index in [4.69, 9.17) is 9.47 Å². The van der Waals surface area contributed by atoms with E-state index in [0.717, 1.165) is 23.6 Å². The maximum atomic E-state index is 11.8. The van der Waals surface area contributed by atoms with Crippen molar-refractivity contribution in [2.24, 2.45) is 0 Å². The summed E-state index contributed by atoms with van der Waals surface area (Å²) in [4.78, 5) is 11.8. The fourth-order valence-electron chi connectivity index (χ4n) is 1.98. The van der Waals surface area contributed by atoms with Gasteiger partial charge in [0.1, 0.15) is 11.5 Å². The van der Waals surface area contributed by atoms with Crippen LogP contribution in [0, 0.1) is 0 Å². The SMILES string of the molecule is CCc1ccc(OCCC(=O)Nc2ccc(OC)cc2)cc1. The Hall–Kier alpha value is -2.49. The highest BCUT2D eigenvalue weighted by molar-refractivity contribution is 5.90. The van der Waals surface area contributed by atoms with Gasteiger partial charge in [0.2, 0.25) is 5.91 Å². The summed E-state index contributed by atoms with van der Waals surface area (Å²) < 4.78 is 10.6. The van der Waals surface area contributed by atoms with Gasteiger partial charge in [-0.3, -0.25) is 4.79 Å². The van der Waals surface area contributed by atoms with Crippen LogP contribution < -0.4 is 14.8 Å². The number of benzene rings is 2. The molecule has 1 N–H and O–H groups in total. The van der Waals surface area contributed by atoms with E-state index >= 15 is 0 Å². The van der Waals surface area contributed by atoms with Crippen molar-refractivity contribution in [3.8, 4) is 11.5 Å². The van der Waals surface area contributed by atoms with E-state index < -0.39 is 0 Å². The number of nitrogens with one attached hydrogen (secondary N) is 1. The van der Waals surface area contributed by atoms with Crippen LogP contribution in [0.3, 0.4) is 0 Å². The van der Waals surface area contributed by atoms with Crippen LogP contribution in [0.15, 0.2) is 48.5 Å². The second-order valence-electron chi connectivity index (χ2n) is 4.87. The zero-order chi connectivity index (χ0) is 15.8. The third kappa shape index (κ3) is 4.81. The van der Waals surface area contributed by atoms with Crippen LogP contribution in [0.5, 0.6) is 11.5 Å². The lowest BCUT2D eigenvalue weighted by Gasteiger charge is -2.08. The maximum Gasteiger partial charge on any atom is 0.227 e. The summed E-state index contributed by atoms with van der Waals surface area (Å²) in [5.74, 6) is 1.47. The lowest BCUT2D eigenvalue weighted by molar-refractivity contribution is -0.116. The van der Waals surface area contributed by atoms with Gasteiger partial charge in [-0.15, -0.1) is 0 Å². The van der Waals surface area contributed by atoms with E-state index in [-0.39, 0.29) is 5.91 Å².